The third kappa shape index (κ3) is 4.66. The number of hydrogen-bond acceptors (Lipinski definition) is 6. The fourth-order valence-corrected chi connectivity index (χ4v) is 4.18. The molecule has 0 bridgehead atoms. The fourth-order valence-electron chi connectivity index (χ4n) is 3.53. The molecule has 166 valence electrons. The Morgan fingerprint density at radius 3 is 2.91 bits per heavy atom. The number of carbonyl (C=O) groups excluding carboxylic acids is 2. The number of aromatic hydroxyl groups is 1. The highest BCUT2D eigenvalue weighted by Crippen LogP contribution is 2.40. The molecule has 3 aromatic rings. The molecular formula is C22H21BrN4O5. The molecule has 0 atom stereocenters. The van der Waals surface area contributed by atoms with Crippen molar-refractivity contribution in [3.05, 3.63) is 51.5 Å². The van der Waals surface area contributed by atoms with Gasteiger partial charge in [-0.15, -0.1) is 10.2 Å². The van der Waals surface area contributed by atoms with E-state index >= 15 is 0 Å². The molecule has 1 aliphatic rings. The van der Waals surface area contributed by atoms with Crippen LogP contribution in [0.4, 0.5) is 5.69 Å². The van der Waals surface area contributed by atoms with Gasteiger partial charge >= 0.3 is 0 Å². The lowest BCUT2D eigenvalue weighted by Gasteiger charge is -2.05. The maximum Gasteiger partial charge on any atom is 0.269 e. The molecule has 0 saturated heterocycles. The zero-order valence-electron chi connectivity index (χ0n) is 17.0. The number of carbonyl (C=O) groups is 2. The summed E-state index contributed by atoms with van der Waals surface area (Å²) in [4.78, 5) is 27.4. The van der Waals surface area contributed by atoms with E-state index in [2.05, 4.69) is 36.5 Å². The molecule has 0 aliphatic carbocycles. The smallest absolute Gasteiger partial charge is 0.269 e. The van der Waals surface area contributed by atoms with Crippen molar-refractivity contribution in [3.63, 3.8) is 0 Å². The molecule has 0 unspecified atom stereocenters. The minimum absolute atomic E-state index is 0.0124. The van der Waals surface area contributed by atoms with E-state index in [1.165, 1.54) is 0 Å². The van der Waals surface area contributed by atoms with Crippen LogP contribution in [0.1, 0.15) is 27.9 Å². The largest absolute Gasteiger partial charge is 0.493 e. The Kier molecular flexibility index (Phi) is 6.52. The number of aliphatic hydroxyl groups excluding tert-OH is 1. The lowest BCUT2D eigenvalue weighted by molar-refractivity contribution is -0.117. The number of fused-ring (bicyclic) bond motifs is 2. The zero-order valence-corrected chi connectivity index (χ0v) is 18.6. The van der Waals surface area contributed by atoms with Gasteiger partial charge in [0, 0.05) is 35.0 Å². The third-order valence-corrected chi connectivity index (χ3v) is 5.68. The first-order chi connectivity index (χ1) is 15.5. The Labute approximate surface area is 191 Å². The molecule has 0 spiro atoms. The number of hydrogen-bond donors (Lipinski definition) is 4. The van der Waals surface area contributed by atoms with Crippen LogP contribution in [0.5, 0.6) is 11.6 Å². The summed E-state index contributed by atoms with van der Waals surface area (Å²) in [5.74, 6) is -0.176. The molecule has 2 aromatic carbocycles. The zero-order chi connectivity index (χ0) is 22.7. The van der Waals surface area contributed by atoms with Crippen LogP contribution in [-0.4, -0.2) is 46.8 Å². The number of benzene rings is 2. The topological polar surface area (TPSA) is 136 Å². The summed E-state index contributed by atoms with van der Waals surface area (Å²) in [5, 5.41) is 30.1. The van der Waals surface area contributed by atoms with Crippen molar-refractivity contribution >= 4 is 44.3 Å². The van der Waals surface area contributed by atoms with Crippen LogP contribution >= 0.6 is 15.9 Å². The highest BCUT2D eigenvalue weighted by Gasteiger charge is 2.18. The van der Waals surface area contributed by atoms with Gasteiger partial charge in [-0.05, 0) is 51.7 Å². The minimum Gasteiger partial charge on any atom is -0.493 e. The van der Waals surface area contributed by atoms with E-state index in [-0.39, 0.29) is 30.5 Å². The minimum atomic E-state index is -0.450. The Bertz CT molecular complexity index is 1220. The summed E-state index contributed by atoms with van der Waals surface area (Å²) in [6, 6.07) is 8.77. The Balaban J connectivity index is 1.52. The molecule has 10 heteroatoms. The highest BCUT2D eigenvalue weighted by atomic mass is 79.9. The molecule has 2 amide bonds. The number of azo groups is 1. The predicted octanol–water partition coefficient (Wildman–Crippen LogP) is 3.54. The molecule has 1 aromatic heterocycles. The molecule has 2 heterocycles. The van der Waals surface area contributed by atoms with Gasteiger partial charge in [0.1, 0.15) is 5.75 Å². The van der Waals surface area contributed by atoms with Gasteiger partial charge in [-0.3, -0.25) is 9.59 Å². The molecular weight excluding hydrogens is 480 g/mol. The monoisotopic (exact) mass is 500 g/mol. The first-order valence-electron chi connectivity index (χ1n) is 10.1. The maximum atomic E-state index is 12.3. The second-order valence-corrected chi connectivity index (χ2v) is 8.20. The summed E-state index contributed by atoms with van der Waals surface area (Å²) in [7, 11) is 0. The highest BCUT2D eigenvalue weighted by molar-refractivity contribution is 9.10. The fraction of sp³-hybridized carbons (Fsp3) is 0.273. The first-order valence-corrected chi connectivity index (χ1v) is 10.9. The van der Waals surface area contributed by atoms with E-state index in [1.54, 1.807) is 12.1 Å². The average molecular weight is 501 g/mol. The van der Waals surface area contributed by atoms with Crippen molar-refractivity contribution < 1.29 is 24.5 Å². The molecule has 32 heavy (non-hydrogen) atoms. The average Bonchev–Trinajstić information content (AvgIpc) is 3.35. The number of aromatic nitrogens is 1. The number of H-pyrrole nitrogens is 1. The van der Waals surface area contributed by atoms with Crippen LogP contribution in [0.15, 0.2) is 45.0 Å². The van der Waals surface area contributed by atoms with Crippen LogP contribution in [0.3, 0.4) is 0 Å². The van der Waals surface area contributed by atoms with E-state index in [0.29, 0.717) is 40.5 Å². The number of halogens is 1. The number of aromatic amines is 1. The standard InChI is InChI=1S/C22H21BrN4O5/c23-15-10-14(21(30)24-5-1-6-28)11-16-19(15)20(22(31)25-16)27-26-18(29)9-12-2-3-17-13(8-12)4-7-32-17/h2-3,8,10-11,25,28,31H,1,4-7,9H2,(H,24,30). The summed E-state index contributed by atoms with van der Waals surface area (Å²) in [6.07, 6.45) is 1.35. The van der Waals surface area contributed by atoms with Gasteiger partial charge in [-0.2, -0.15) is 0 Å². The van der Waals surface area contributed by atoms with Gasteiger partial charge < -0.3 is 25.3 Å². The number of amides is 2. The maximum absolute atomic E-state index is 12.3. The Hall–Kier alpha value is -3.24. The van der Waals surface area contributed by atoms with Crippen LogP contribution in [0.2, 0.25) is 0 Å². The lowest BCUT2D eigenvalue weighted by atomic mass is 10.1. The van der Waals surface area contributed by atoms with Crippen LogP contribution in [0.25, 0.3) is 10.9 Å². The predicted molar refractivity (Wildman–Crippen MR) is 121 cm³/mol. The van der Waals surface area contributed by atoms with E-state index < -0.39 is 5.91 Å². The quantitative estimate of drug-likeness (QED) is 0.290. The SMILES string of the molecule is O=C(Cc1ccc2c(c1)CCO2)N=Nc1c(O)[nH]c2cc(C(=O)NCCCO)cc(Br)c12. The van der Waals surface area contributed by atoms with E-state index in [4.69, 9.17) is 9.84 Å². The molecule has 0 fully saturated rings. The molecule has 1 aliphatic heterocycles. The van der Waals surface area contributed by atoms with Crippen LogP contribution in [0, 0.1) is 0 Å². The van der Waals surface area contributed by atoms with Gasteiger partial charge in [0.2, 0.25) is 5.88 Å². The Morgan fingerprint density at radius 2 is 2.09 bits per heavy atom. The summed E-state index contributed by atoms with van der Waals surface area (Å²) >= 11 is 3.40. The van der Waals surface area contributed by atoms with Gasteiger partial charge in [-0.25, -0.2) is 0 Å². The normalized spacial score (nSPS) is 12.8. The number of nitrogens with one attached hydrogen (secondary N) is 2. The summed E-state index contributed by atoms with van der Waals surface area (Å²) < 4.78 is 5.98. The van der Waals surface area contributed by atoms with Crippen molar-refractivity contribution in [2.45, 2.75) is 19.3 Å². The van der Waals surface area contributed by atoms with E-state index in [9.17, 15) is 14.7 Å². The second-order valence-electron chi connectivity index (χ2n) is 7.35. The van der Waals surface area contributed by atoms with Crippen LogP contribution < -0.4 is 10.1 Å². The number of aliphatic hydroxyl groups is 1. The molecule has 4 N–H and O–H groups in total. The molecule has 0 radical (unpaired) electrons. The van der Waals surface area contributed by atoms with Crippen molar-refractivity contribution in [2.75, 3.05) is 19.8 Å². The number of ether oxygens (including phenoxy) is 1. The van der Waals surface area contributed by atoms with Gasteiger partial charge in [-0.1, -0.05) is 12.1 Å². The van der Waals surface area contributed by atoms with Crippen molar-refractivity contribution in [3.8, 4) is 11.6 Å². The van der Waals surface area contributed by atoms with Crippen molar-refractivity contribution in [1.29, 1.82) is 0 Å². The Morgan fingerprint density at radius 1 is 1.25 bits per heavy atom. The molecule has 4 rings (SSSR count). The van der Waals surface area contributed by atoms with Gasteiger partial charge in [0.05, 0.1) is 18.5 Å². The molecule has 9 nitrogen and oxygen atoms in total. The van der Waals surface area contributed by atoms with E-state index in [0.717, 1.165) is 23.3 Å². The number of rotatable bonds is 7. The summed E-state index contributed by atoms with van der Waals surface area (Å²) in [5.41, 5.74) is 2.82. The van der Waals surface area contributed by atoms with Crippen LogP contribution in [-0.2, 0) is 17.6 Å². The van der Waals surface area contributed by atoms with Crippen molar-refractivity contribution in [1.82, 2.24) is 10.3 Å². The molecule has 0 saturated carbocycles. The lowest BCUT2D eigenvalue weighted by Crippen LogP contribution is -2.25. The number of nitrogens with zero attached hydrogens (tertiary/aromatic N) is 2. The third-order valence-electron chi connectivity index (χ3n) is 5.06. The first kappa shape index (κ1) is 22.0. The van der Waals surface area contributed by atoms with E-state index in [1.807, 2.05) is 18.2 Å². The second kappa shape index (κ2) is 9.49. The summed E-state index contributed by atoms with van der Waals surface area (Å²) in [6.45, 7) is 0.981. The van der Waals surface area contributed by atoms with Gasteiger partial charge in [0.25, 0.3) is 11.8 Å². The van der Waals surface area contributed by atoms with Gasteiger partial charge in [0.15, 0.2) is 5.69 Å². The van der Waals surface area contributed by atoms with Crippen molar-refractivity contribution in [2.24, 2.45) is 10.2 Å².